The molecule has 1 unspecified atom stereocenters. The van der Waals surface area contributed by atoms with Crippen LogP contribution in [0, 0.1) is 15.5 Å². The smallest absolute Gasteiger partial charge is 0.272 e. The molecule has 1 N–H and O–H groups in total. The van der Waals surface area contributed by atoms with Gasteiger partial charge in [-0.15, -0.1) is 0 Å². The normalized spacial score (nSPS) is 24.7. The van der Waals surface area contributed by atoms with Crippen molar-refractivity contribution in [1.29, 1.82) is 0 Å². The maximum Gasteiger partial charge on any atom is 0.272 e. The Morgan fingerprint density at radius 2 is 2.06 bits per heavy atom. The van der Waals surface area contributed by atoms with Gasteiger partial charge in [0.2, 0.25) is 5.91 Å². The molecule has 1 saturated carbocycles. The third-order valence-electron chi connectivity index (χ3n) is 4.34. The van der Waals surface area contributed by atoms with Crippen LogP contribution in [0.1, 0.15) is 30.7 Å². The minimum absolute atomic E-state index is 0.0552. The highest BCUT2D eigenvalue weighted by atomic mass is 16.6. The molecule has 1 aliphatic carbocycles. The minimum Gasteiger partial charge on any atom is -0.355 e. The summed E-state index contributed by atoms with van der Waals surface area (Å²) in [6.07, 6.45) is 2.72. The lowest BCUT2D eigenvalue weighted by atomic mass is 9.60. The van der Waals surface area contributed by atoms with Crippen molar-refractivity contribution < 1.29 is 9.72 Å². The number of nitrogens with one attached hydrogen (secondary N) is 1. The van der Waals surface area contributed by atoms with Crippen molar-refractivity contribution in [3.05, 3.63) is 39.9 Å². The Kier molecular flexibility index (Phi) is 2.36. The number of benzene rings is 1. The molecule has 5 heteroatoms. The summed E-state index contributed by atoms with van der Waals surface area (Å²) in [5, 5.41) is 13.9. The Morgan fingerprint density at radius 1 is 1.33 bits per heavy atom. The zero-order valence-electron chi connectivity index (χ0n) is 9.89. The van der Waals surface area contributed by atoms with Gasteiger partial charge in [-0.2, -0.15) is 0 Å². The second-order valence-corrected chi connectivity index (χ2v) is 5.09. The highest BCUT2D eigenvalue weighted by Crippen LogP contribution is 2.55. The molecule has 1 amide bonds. The number of carbonyl (C=O) groups is 1. The first-order chi connectivity index (χ1) is 8.65. The Bertz CT molecular complexity index is 523. The summed E-state index contributed by atoms with van der Waals surface area (Å²) >= 11 is 0. The summed E-state index contributed by atoms with van der Waals surface area (Å²) in [6, 6.07) is 6.77. The molecule has 1 aromatic rings. The van der Waals surface area contributed by atoms with Gasteiger partial charge in [0.25, 0.3) is 5.69 Å². The summed E-state index contributed by atoms with van der Waals surface area (Å²) in [5.41, 5.74) is 0.442. The predicted molar refractivity (Wildman–Crippen MR) is 65.1 cm³/mol. The van der Waals surface area contributed by atoms with Gasteiger partial charge in [-0.05, 0) is 12.8 Å². The first-order valence-electron chi connectivity index (χ1n) is 6.17. The first-order valence-corrected chi connectivity index (χ1v) is 6.17. The van der Waals surface area contributed by atoms with Crippen LogP contribution in [0.2, 0.25) is 0 Å². The van der Waals surface area contributed by atoms with Crippen LogP contribution in [0.25, 0.3) is 0 Å². The number of rotatable bonds is 2. The lowest BCUT2D eigenvalue weighted by molar-refractivity contribution is -0.385. The molecule has 2 fully saturated rings. The third kappa shape index (κ3) is 1.36. The van der Waals surface area contributed by atoms with Gasteiger partial charge in [-0.25, -0.2) is 0 Å². The topological polar surface area (TPSA) is 72.2 Å². The number of para-hydroxylation sites is 1. The maximum atomic E-state index is 12.0. The second-order valence-electron chi connectivity index (χ2n) is 5.09. The number of nitro groups is 1. The SMILES string of the molecule is O=C1NCC(c2ccccc2[N+](=O)[O-])C12CCC2. The van der Waals surface area contributed by atoms with E-state index in [0.717, 1.165) is 19.3 Å². The van der Waals surface area contributed by atoms with Crippen LogP contribution in [-0.4, -0.2) is 17.4 Å². The second kappa shape index (κ2) is 3.80. The Morgan fingerprint density at radius 3 is 2.67 bits per heavy atom. The minimum atomic E-state index is -0.383. The van der Waals surface area contributed by atoms with E-state index < -0.39 is 0 Å². The van der Waals surface area contributed by atoms with E-state index in [1.165, 1.54) is 6.07 Å². The molecule has 3 rings (SSSR count). The van der Waals surface area contributed by atoms with Crippen molar-refractivity contribution in [2.45, 2.75) is 25.2 Å². The third-order valence-corrected chi connectivity index (χ3v) is 4.34. The standard InChI is InChI=1S/C13H14N2O3/c16-12-13(6-3-7-13)10(8-14-12)9-4-1-2-5-11(9)15(17)18/h1-2,4-5,10H,3,6-8H2,(H,14,16). The average Bonchev–Trinajstić information content (AvgIpc) is 2.66. The molecule has 1 heterocycles. The number of nitro benzene ring substituents is 1. The summed E-state index contributed by atoms with van der Waals surface area (Å²) in [7, 11) is 0. The highest BCUT2D eigenvalue weighted by Gasteiger charge is 2.55. The molecule has 1 atom stereocenters. The zero-order chi connectivity index (χ0) is 12.8. The van der Waals surface area contributed by atoms with Crippen molar-refractivity contribution in [3.8, 4) is 0 Å². The van der Waals surface area contributed by atoms with Crippen LogP contribution in [0.3, 0.4) is 0 Å². The summed E-state index contributed by atoms with van der Waals surface area (Å²) in [6.45, 7) is 0.518. The Labute approximate surface area is 104 Å². The van der Waals surface area contributed by atoms with E-state index in [1.54, 1.807) is 18.2 Å². The molecule has 5 nitrogen and oxygen atoms in total. The van der Waals surface area contributed by atoms with Gasteiger partial charge in [0, 0.05) is 24.1 Å². The molecule has 0 aromatic heterocycles. The molecule has 2 aliphatic rings. The van der Waals surface area contributed by atoms with Crippen LogP contribution in [0.4, 0.5) is 5.69 Å². The van der Waals surface area contributed by atoms with Crippen molar-refractivity contribution in [2.75, 3.05) is 6.54 Å². The van der Waals surface area contributed by atoms with E-state index in [9.17, 15) is 14.9 Å². The molecular formula is C13H14N2O3. The van der Waals surface area contributed by atoms with Crippen molar-refractivity contribution in [2.24, 2.45) is 5.41 Å². The molecular weight excluding hydrogens is 232 g/mol. The zero-order valence-corrected chi connectivity index (χ0v) is 9.89. The van der Waals surface area contributed by atoms with E-state index in [1.807, 2.05) is 0 Å². The quantitative estimate of drug-likeness (QED) is 0.640. The van der Waals surface area contributed by atoms with Crippen LogP contribution in [-0.2, 0) is 4.79 Å². The van der Waals surface area contributed by atoms with Crippen LogP contribution < -0.4 is 5.32 Å². The molecule has 1 aromatic carbocycles. The fraction of sp³-hybridized carbons (Fsp3) is 0.462. The van der Waals surface area contributed by atoms with E-state index in [2.05, 4.69) is 5.32 Å². The van der Waals surface area contributed by atoms with Crippen LogP contribution >= 0.6 is 0 Å². The number of hydrogen-bond donors (Lipinski definition) is 1. The number of carbonyl (C=O) groups excluding carboxylic acids is 1. The summed E-state index contributed by atoms with van der Waals surface area (Å²) in [5.74, 6) is 0.0113. The van der Waals surface area contributed by atoms with Gasteiger partial charge >= 0.3 is 0 Å². The van der Waals surface area contributed by atoms with Gasteiger partial charge in [-0.1, -0.05) is 24.6 Å². The van der Waals surface area contributed by atoms with E-state index in [-0.39, 0.29) is 27.9 Å². The van der Waals surface area contributed by atoms with Crippen molar-refractivity contribution >= 4 is 11.6 Å². The largest absolute Gasteiger partial charge is 0.355 e. The number of hydrogen-bond acceptors (Lipinski definition) is 3. The lowest BCUT2D eigenvalue weighted by Gasteiger charge is -2.40. The van der Waals surface area contributed by atoms with Crippen LogP contribution in [0.15, 0.2) is 24.3 Å². The number of nitrogens with zero attached hydrogens (tertiary/aromatic N) is 1. The van der Waals surface area contributed by atoms with Gasteiger partial charge in [0.15, 0.2) is 0 Å². The maximum absolute atomic E-state index is 12.0. The first kappa shape index (κ1) is 11.2. The molecule has 18 heavy (non-hydrogen) atoms. The molecule has 1 spiro atoms. The summed E-state index contributed by atoms with van der Waals surface area (Å²) < 4.78 is 0. The van der Waals surface area contributed by atoms with Crippen molar-refractivity contribution in [1.82, 2.24) is 5.32 Å². The van der Waals surface area contributed by atoms with Gasteiger partial charge in [-0.3, -0.25) is 14.9 Å². The molecule has 1 saturated heterocycles. The number of amides is 1. The van der Waals surface area contributed by atoms with Gasteiger partial charge < -0.3 is 5.32 Å². The summed E-state index contributed by atoms with van der Waals surface area (Å²) in [4.78, 5) is 22.7. The molecule has 94 valence electrons. The molecule has 0 radical (unpaired) electrons. The lowest BCUT2D eigenvalue weighted by Crippen LogP contribution is -2.40. The van der Waals surface area contributed by atoms with Crippen molar-refractivity contribution in [3.63, 3.8) is 0 Å². The molecule has 0 bridgehead atoms. The van der Waals surface area contributed by atoms with Crippen LogP contribution in [0.5, 0.6) is 0 Å². The van der Waals surface area contributed by atoms with Gasteiger partial charge in [0.1, 0.15) is 0 Å². The Hall–Kier alpha value is -1.91. The Balaban J connectivity index is 2.05. The van der Waals surface area contributed by atoms with Gasteiger partial charge in [0.05, 0.1) is 10.3 Å². The fourth-order valence-corrected chi connectivity index (χ4v) is 3.21. The average molecular weight is 246 g/mol. The predicted octanol–water partition coefficient (Wildman–Crippen LogP) is 1.98. The molecule has 1 aliphatic heterocycles. The monoisotopic (exact) mass is 246 g/mol. The fourth-order valence-electron chi connectivity index (χ4n) is 3.21. The van der Waals surface area contributed by atoms with E-state index in [4.69, 9.17) is 0 Å². The highest BCUT2D eigenvalue weighted by molar-refractivity contribution is 5.87. The van der Waals surface area contributed by atoms with E-state index >= 15 is 0 Å². The van der Waals surface area contributed by atoms with E-state index in [0.29, 0.717) is 12.1 Å².